The number of carbonyl (C=O) groups excluding carboxylic acids is 1. The van der Waals surface area contributed by atoms with E-state index >= 15 is 0 Å². The summed E-state index contributed by atoms with van der Waals surface area (Å²) < 4.78 is 11.9. The lowest BCUT2D eigenvalue weighted by molar-refractivity contribution is -0.141. The third-order valence-electron chi connectivity index (χ3n) is 5.82. The smallest absolute Gasteiger partial charge is 0.336 e. The van der Waals surface area contributed by atoms with Crippen LogP contribution in [0.15, 0.2) is 35.5 Å². The Bertz CT molecular complexity index is 705. The highest BCUT2D eigenvalue weighted by molar-refractivity contribution is 5.91. The fraction of sp³-hybridized carbons (Fsp3) is 0.571. The molecule has 1 N–H and O–H groups in total. The van der Waals surface area contributed by atoms with Gasteiger partial charge in [0.15, 0.2) is 5.72 Å². The Morgan fingerprint density at radius 1 is 1.28 bits per heavy atom. The van der Waals surface area contributed by atoms with Crippen molar-refractivity contribution in [3.8, 4) is 5.75 Å². The van der Waals surface area contributed by atoms with E-state index in [-0.39, 0.29) is 11.9 Å². The number of carbonyl (C=O) groups is 1. The molecule has 2 heterocycles. The minimum absolute atomic E-state index is 0.0371. The molecule has 3 aliphatic rings. The second-order valence-corrected chi connectivity index (χ2v) is 7.89. The zero-order valence-electron chi connectivity index (χ0n) is 15.1. The largest absolute Gasteiger partial charge is 0.468 e. The van der Waals surface area contributed by atoms with Gasteiger partial charge in [-0.3, -0.25) is 0 Å². The number of hydrogen-bond donors (Lipinski definition) is 1. The Labute approximate surface area is 149 Å². The Balaban J connectivity index is 1.56. The monoisotopic (exact) mass is 341 g/mol. The molecule has 1 saturated carbocycles. The van der Waals surface area contributed by atoms with E-state index in [0.29, 0.717) is 12.5 Å². The molecule has 2 atom stereocenters. The number of para-hydroxylation sites is 1. The maximum atomic E-state index is 12.9. The van der Waals surface area contributed by atoms with E-state index in [2.05, 4.69) is 11.4 Å². The third-order valence-corrected chi connectivity index (χ3v) is 5.82. The van der Waals surface area contributed by atoms with Crippen molar-refractivity contribution in [1.82, 2.24) is 5.32 Å². The van der Waals surface area contributed by atoms with Crippen LogP contribution in [-0.4, -0.2) is 18.3 Å². The van der Waals surface area contributed by atoms with Gasteiger partial charge in [-0.15, -0.1) is 0 Å². The molecule has 2 aliphatic heterocycles. The van der Waals surface area contributed by atoms with Crippen LogP contribution in [0.3, 0.4) is 0 Å². The second kappa shape index (κ2) is 6.40. The minimum atomic E-state index is -0.462. The van der Waals surface area contributed by atoms with Crippen LogP contribution >= 0.6 is 0 Å². The summed E-state index contributed by atoms with van der Waals surface area (Å²) in [5.74, 6) is 1.26. The second-order valence-electron chi connectivity index (χ2n) is 7.89. The van der Waals surface area contributed by atoms with Gasteiger partial charge in [-0.1, -0.05) is 37.5 Å². The quantitative estimate of drug-likeness (QED) is 0.834. The standard InChI is InChI=1S/C21H27NO3/c1-14-19(20(23)24-13-15-8-4-3-5-9-15)17-12-21(2,22-14)25-18-11-7-6-10-16(17)18/h6-7,10-11,15,17,22H,3-5,8-9,12-13H2,1-2H3/t17-,21-/m1/s1. The van der Waals surface area contributed by atoms with Crippen molar-refractivity contribution < 1.29 is 14.3 Å². The molecule has 134 valence electrons. The van der Waals surface area contributed by atoms with Crippen LogP contribution < -0.4 is 10.1 Å². The summed E-state index contributed by atoms with van der Waals surface area (Å²) in [6.45, 7) is 4.56. The first kappa shape index (κ1) is 16.5. The van der Waals surface area contributed by atoms with Crippen molar-refractivity contribution >= 4 is 5.97 Å². The lowest BCUT2D eigenvalue weighted by Crippen LogP contribution is -2.54. The first-order valence-corrected chi connectivity index (χ1v) is 9.50. The average molecular weight is 341 g/mol. The molecular weight excluding hydrogens is 314 g/mol. The van der Waals surface area contributed by atoms with Gasteiger partial charge >= 0.3 is 5.97 Å². The molecule has 0 radical (unpaired) electrons. The lowest BCUT2D eigenvalue weighted by Gasteiger charge is -2.45. The topological polar surface area (TPSA) is 47.6 Å². The van der Waals surface area contributed by atoms with E-state index in [1.807, 2.05) is 32.0 Å². The van der Waals surface area contributed by atoms with Crippen molar-refractivity contribution in [3.63, 3.8) is 0 Å². The number of ether oxygens (including phenoxy) is 2. The molecule has 1 aromatic rings. The van der Waals surface area contributed by atoms with E-state index in [9.17, 15) is 4.79 Å². The summed E-state index contributed by atoms with van der Waals surface area (Å²) >= 11 is 0. The number of benzene rings is 1. The minimum Gasteiger partial charge on any atom is -0.468 e. The summed E-state index contributed by atoms with van der Waals surface area (Å²) in [4.78, 5) is 12.9. The Morgan fingerprint density at radius 2 is 2.04 bits per heavy atom. The van der Waals surface area contributed by atoms with E-state index in [4.69, 9.17) is 9.47 Å². The Morgan fingerprint density at radius 3 is 2.84 bits per heavy atom. The van der Waals surface area contributed by atoms with Crippen molar-refractivity contribution in [1.29, 1.82) is 0 Å². The van der Waals surface area contributed by atoms with Crippen LogP contribution in [0.4, 0.5) is 0 Å². The van der Waals surface area contributed by atoms with Crippen molar-refractivity contribution in [2.45, 2.75) is 64.0 Å². The van der Waals surface area contributed by atoms with Crippen LogP contribution in [0.1, 0.15) is 63.9 Å². The molecule has 1 aromatic carbocycles. The number of rotatable bonds is 3. The zero-order valence-corrected chi connectivity index (χ0v) is 15.1. The maximum absolute atomic E-state index is 12.9. The van der Waals surface area contributed by atoms with E-state index in [1.165, 1.54) is 32.1 Å². The van der Waals surface area contributed by atoms with E-state index < -0.39 is 5.72 Å². The van der Waals surface area contributed by atoms with Crippen molar-refractivity contribution in [2.24, 2.45) is 5.92 Å². The number of esters is 1. The van der Waals surface area contributed by atoms with Gasteiger partial charge in [0.1, 0.15) is 5.75 Å². The summed E-state index contributed by atoms with van der Waals surface area (Å²) in [7, 11) is 0. The molecule has 0 saturated heterocycles. The van der Waals surface area contributed by atoms with Crippen molar-refractivity contribution in [3.05, 3.63) is 41.1 Å². The number of fused-ring (bicyclic) bond motifs is 4. The molecule has 1 aliphatic carbocycles. The molecule has 25 heavy (non-hydrogen) atoms. The summed E-state index contributed by atoms with van der Waals surface area (Å²) in [6.07, 6.45) is 6.95. The highest BCUT2D eigenvalue weighted by Crippen LogP contribution is 2.47. The number of allylic oxidation sites excluding steroid dienone is 1. The molecule has 0 aromatic heterocycles. The molecule has 0 amide bonds. The molecule has 0 spiro atoms. The third kappa shape index (κ3) is 3.14. The summed E-state index contributed by atoms with van der Waals surface area (Å²) in [5, 5.41) is 3.39. The average Bonchev–Trinajstić information content (AvgIpc) is 2.60. The van der Waals surface area contributed by atoms with E-state index in [0.717, 1.165) is 29.0 Å². The predicted molar refractivity (Wildman–Crippen MR) is 96.2 cm³/mol. The highest BCUT2D eigenvalue weighted by Gasteiger charge is 2.45. The van der Waals surface area contributed by atoms with Gasteiger partial charge in [0, 0.05) is 23.6 Å². The molecule has 0 unspecified atom stereocenters. The van der Waals surface area contributed by atoms with Gasteiger partial charge < -0.3 is 14.8 Å². The predicted octanol–water partition coefficient (Wildman–Crippen LogP) is 4.27. The van der Waals surface area contributed by atoms with E-state index in [1.54, 1.807) is 0 Å². The molecular formula is C21H27NO3. The molecule has 4 heteroatoms. The summed E-state index contributed by atoms with van der Waals surface area (Å²) in [6, 6.07) is 8.02. The first-order chi connectivity index (χ1) is 12.1. The van der Waals surface area contributed by atoms with Gasteiger partial charge in [-0.25, -0.2) is 4.79 Å². The fourth-order valence-electron chi connectivity index (χ4n) is 4.63. The fourth-order valence-corrected chi connectivity index (χ4v) is 4.63. The van der Waals surface area contributed by atoms with Gasteiger partial charge in [0.25, 0.3) is 0 Å². The molecule has 1 fully saturated rings. The Kier molecular flexibility index (Phi) is 4.22. The molecule has 4 rings (SSSR count). The van der Waals surface area contributed by atoms with Crippen LogP contribution in [0.2, 0.25) is 0 Å². The van der Waals surface area contributed by atoms with Crippen LogP contribution in [0, 0.1) is 5.92 Å². The van der Waals surface area contributed by atoms with Gasteiger partial charge in [-0.2, -0.15) is 0 Å². The van der Waals surface area contributed by atoms with Crippen LogP contribution in [-0.2, 0) is 9.53 Å². The number of nitrogens with one attached hydrogen (secondary N) is 1. The molecule has 4 nitrogen and oxygen atoms in total. The van der Waals surface area contributed by atoms with Gasteiger partial charge in [-0.05, 0) is 38.7 Å². The first-order valence-electron chi connectivity index (χ1n) is 9.50. The van der Waals surface area contributed by atoms with Crippen molar-refractivity contribution in [2.75, 3.05) is 6.61 Å². The molecule has 2 bridgehead atoms. The van der Waals surface area contributed by atoms with Crippen LogP contribution in [0.25, 0.3) is 0 Å². The maximum Gasteiger partial charge on any atom is 0.336 e. The lowest BCUT2D eigenvalue weighted by atomic mass is 9.78. The number of hydrogen-bond acceptors (Lipinski definition) is 4. The Hall–Kier alpha value is -1.97. The van der Waals surface area contributed by atoms with Gasteiger partial charge in [0.2, 0.25) is 0 Å². The van der Waals surface area contributed by atoms with Crippen LogP contribution in [0.5, 0.6) is 5.75 Å². The van der Waals surface area contributed by atoms with Gasteiger partial charge in [0.05, 0.1) is 12.2 Å². The normalized spacial score (nSPS) is 28.6. The highest BCUT2D eigenvalue weighted by atomic mass is 16.5. The SMILES string of the molecule is CC1=C(C(=O)OCC2CCCCC2)[C@@H]2C[C@](C)(N1)Oc1ccccc12. The summed E-state index contributed by atoms with van der Waals surface area (Å²) in [5.41, 5.74) is 2.27. The zero-order chi connectivity index (χ0) is 17.4.